The van der Waals surface area contributed by atoms with E-state index in [1.165, 1.54) is 19.3 Å². The quantitative estimate of drug-likeness (QED) is 0.634. The van der Waals surface area contributed by atoms with Crippen LogP contribution in [-0.4, -0.2) is 11.6 Å². The van der Waals surface area contributed by atoms with Crippen LogP contribution in [0.2, 0.25) is 0 Å². The summed E-state index contributed by atoms with van der Waals surface area (Å²) >= 11 is 0. The molecule has 6 aliphatic carbocycles. The van der Waals surface area contributed by atoms with Gasteiger partial charge in [-0.25, -0.2) is 0 Å². The minimum Gasteiger partial charge on any atom is -0.299 e. The molecule has 0 aliphatic heterocycles. The molecule has 0 radical (unpaired) electrons. The smallest absolute Gasteiger partial charge is 0.144 e. The Morgan fingerprint density at radius 2 is 1.29 bits per heavy atom. The van der Waals surface area contributed by atoms with Gasteiger partial charge in [0.05, 0.1) is 0 Å². The van der Waals surface area contributed by atoms with Crippen molar-refractivity contribution in [2.75, 3.05) is 0 Å². The second-order valence-electron chi connectivity index (χ2n) is 7.54. The first-order valence-electron chi connectivity index (χ1n) is 7.34. The van der Waals surface area contributed by atoms with Gasteiger partial charge < -0.3 is 0 Å². The summed E-state index contributed by atoms with van der Waals surface area (Å²) in [6.45, 7) is 0. The van der Waals surface area contributed by atoms with E-state index >= 15 is 0 Å². The highest BCUT2D eigenvalue weighted by atomic mass is 16.2. The SMILES string of the molecule is O=C1C2C3CC4C2C(=O)C25CCCCC12C3C45. The standard InChI is InChI=1S/C15H16O2/c16-12-8-6-5-7-9(8)13(17)15-4-2-1-3-14(12,15)10(6)11(7)15/h6-11H,1-5H2. The molecule has 17 heavy (non-hydrogen) atoms. The molecule has 0 saturated heterocycles. The number of carbonyl (C=O) groups excluding carboxylic acids is 2. The Hall–Kier alpha value is -0.660. The molecular formula is C15H16O2. The number of hydrogen-bond acceptors (Lipinski definition) is 2. The molecule has 6 rings (SSSR count). The van der Waals surface area contributed by atoms with E-state index in [1.807, 2.05) is 0 Å². The summed E-state index contributed by atoms with van der Waals surface area (Å²) in [7, 11) is 0. The van der Waals surface area contributed by atoms with Gasteiger partial charge in [-0.05, 0) is 42.9 Å². The number of Topliss-reactive ketones (excluding diaryl/α,β-unsaturated/α-hetero) is 2. The van der Waals surface area contributed by atoms with Crippen LogP contribution in [0.4, 0.5) is 0 Å². The van der Waals surface area contributed by atoms with Crippen LogP contribution >= 0.6 is 0 Å². The zero-order valence-corrected chi connectivity index (χ0v) is 9.82. The highest BCUT2D eigenvalue weighted by molar-refractivity contribution is 6.11. The molecule has 0 N–H and O–H groups in total. The molecule has 2 heteroatoms. The average Bonchev–Trinajstić information content (AvgIpc) is 2.86. The average molecular weight is 228 g/mol. The maximum Gasteiger partial charge on any atom is 0.144 e. The van der Waals surface area contributed by atoms with E-state index in [2.05, 4.69) is 0 Å². The third-order valence-electron chi connectivity index (χ3n) is 7.97. The molecular weight excluding hydrogens is 212 g/mol. The lowest BCUT2D eigenvalue weighted by molar-refractivity contribution is -0.202. The van der Waals surface area contributed by atoms with E-state index in [4.69, 9.17) is 0 Å². The van der Waals surface area contributed by atoms with Crippen molar-refractivity contribution in [2.45, 2.75) is 32.1 Å². The van der Waals surface area contributed by atoms with Crippen LogP contribution in [0, 0.1) is 46.3 Å². The fraction of sp³-hybridized carbons (Fsp3) is 0.867. The van der Waals surface area contributed by atoms with Gasteiger partial charge in [-0.1, -0.05) is 12.8 Å². The van der Waals surface area contributed by atoms with Gasteiger partial charge in [-0.3, -0.25) is 9.59 Å². The number of fused-ring (bicyclic) bond motifs is 1. The topological polar surface area (TPSA) is 34.1 Å². The van der Waals surface area contributed by atoms with Crippen LogP contribution < -0.4 is 0 Å². The van der Waals surface area contributed by atoms with Gasteiger partial charge in [0, 0.05) is 22.7 Å². The van der Waals surface area contributed by atoms with Gasteiger partial charge in [-0.15, -0.1) is 0 Å². The Morgan fingerprint density at radius 1 is 0.824 bits per heavy atom. The van der Waals surface area contributed by atoms with Gasteiger partial charge in [-0.2, -0.15) is 0 Å². The van der Waals surface area contributed by atoms with Crippen molar-refractivity contribution >= 4 is 11.6 Å². The normalized spacial score (nSPS) is 72.2. The summed E-state index contributed by atoms with van der Waals surface area (Å²) in [5.41, 5.74) is -0.214. The summed E-state index contributed by atoms with van der Waals surface area (Å²) in [5, 5.41) is 0. The molecule has 2 bridgehead atoms. The second-order valence-corrected chi connectivity index (χ2v) is 7.54. The number of carbonyl (C=O) groups is 2. The third-order valence-corrected chi connectivity index (χ3v) is 7.97. The molecule has 0 aromatic heterocycles. The van der Waals surface area contributed by atoms with Crippen LogP contribution in [0.15, 0.2) is 0 Å². The van der Waals surface area contributed by atoms with Crippen molar-refractivity contribution in [3.63, 3.8) is 0 Å². The summed E-state index contributed by atoms with van der Waals surface area (Å²) in [6, 6.07) is 0. The van der Waals surface area contributed by atoms with Crippen LogP contribution in [0.5, 0.6) is 0 Å². The molecule has 6 fully saturated rings. The van der Waals surface area contributed by atoms with E-state index in [-0.39, 0.29) is 22.7 Å². The van der Waals surface area contributed by atoms with Crippen molar-refractivity contribution in [1.29, 1.82) is 0 Å². The van der Waals surface area contributed by atoms with Gasteiger partial charge in [0.1, 0.15) is 11.6 Å². The Morgan fingerprint density at radius 3 is 1.76 bits per heavy atom. The third kappa shape index (κ3) is 0.456. The minimum absolute atomic E-state index is 0.107. The molecule has 8 atom stereocenters. The molecule has 2 nitrogen and oxygen atoms in total. The first kappa shape index (κ1) is 8.44. The van der Waals surface area contributed by atoms with Gasteiger partial charge in [0.15, 0.2) is 0 Å². The molecule has 2 spiro atoms. The molecule has 0 aromatic rings. The van der Waals surface area contributed by atoms with Crippen LogP contribution in [0.1, 0.15) is 32.1 Å². The molecule has 6 saturated carbocycles. The number of hydrogen-bond donors (Lipinski definition) is 0. The summed E-state index contributed by atoms with van der Waals surface area (Å²) in [6.07, 6.45) is 5.74. The van der Waals surface area contributed by atoms with Gasteiger partial charge in [0.2, 0.25) is 0 Å². The highest BCUT2D eigenvalue weighted by Gasteiger charge is 2.95. The summed E-state index contributed by atoms with van der Waals surface area (Å²) in [4.78, 5) is 25.7. The highest BCUT2D eigenvalue weighted by Crippen LogP contribution is 2.92. The zero-order valence-electron chi connectivity index (χ0n) is 9.82. The first-order valence-corrected chi connectivity index (χ1v) is 7.34. The van der Waals surface area contributed by atoms with Crippen molar-refractivity contribution < 1.29 is 9.59 Å². The van der Waals surface area contributed by atoms with E-state index in [0.717, 1.165) is 12.8 Å². The Balaban J connectivity index is 1.76. The van der Waals surface area contributed by atoms with E-state index < -0.39 is 0 Å². The predicted octanol–water partition coefficient (Wildman–Crippen LogP) is 1.83. The Kier molecular flexibility index (Phi) is 0.963. The van der Waals surface area contributed by atoms with Crippen LogP contribution in [-0.2, 0) is 9.59 Å². The minimum atomic E-state index is -0.107. The van der Waals surface area contributed by atoms with E-state index in [1.54, 1.807) is 0 Å². The first-order chi connectivity index (χ1) is 8.25. The maximum atomic E-state index is 12.8. The molecule has 0 heterocycles. The van der Waals surface area contributed by atoms with E-state index in [9.17, 15) is 9.59 Å². The van der Waals surface area contributed by atoms with Crippen LogP contribution in [0.3, 0.4) is 0 Å². The van der Waals surface area contributed by atoms with Crippen molar-refractivity contribution in [3.05, 3.63) is 0 Å². The molecule has 88 valence electrons. The summed E-state index contributed by atoms with van der Waals surface area (Å²) in [5.74, 6) is 4.12. The zero-order chi connectivity index (χ0) is 11.2. The predicted molar refractivity (Wildman–Crippen MR) is 58.9 cm³/mol. The van der Waals surface area contributed by atoms with Crippen molar-refractivity contribution in [1.82, 2.24) is 0 Å². The lowest BCUT2D eigenvalue weighted by atomic mass is 9.35. The maximum absolute atomic E-state index is 12.8. The largest absolute Gasteiger partial charge is 0.299 e. The second kappa shape index (κ2) is 1.94. The van der Waals surface area contributed by atoms with Crippen LogP contribution in [0.25, 0.3) is 0 Å². The number of rotatable bonds is 0. The van der Waals surface area contributed by atoms with Gasteiger partial charge >= 0.3 is 0 Å². The lowest BCUT2D eigenvalue weighted by Crippen LogP contribution is -2.69. The molecule has 0 aromatic carbocycles. The fourth-order valence-corrected chi connectivity index (χ4v) is 8.17. The lowest BCUT2D eigenvalue weighted by Gasteiger charge is -2.65. The fourth-order valence-electron chi connectivity index (χ4n) is 8.17. The van der Waals surface area contributed by atoms with Crippen molar-refractivity contribution in [2.24, 2.45) is 46.3 Å². The molecule has 6 aliphatic rings. The molecule has 8 unspecified atom stereocenters. The Labute approximate surface area is 100 Å². The number of ketones is 2. The monoisotopic (exact) mass is 228 g/mol. The Bertz CT molecular complexity index is 477. The van der Waals surface area contributed by atoms with Gasteiger partial charge in [0.25, 0.3) is 0 Å². The molecule has 0 amide bonds. The van der Waals surface area contributed by atoms with E-state index in [0.29, 0.717) is 35.2 Å². The van der Waals surface area contributed by atoms with Crippen molar-refractivity contribution in [3.8, 4) is 0 Å². The summed E-state index contributed by atoms with van der Waals surface area (Å²) < 4.78 is 0.